The summed E-state index contributed by atoms with van der Waals surface area (Å²) in [5.74, 6) is 0.429. The molecule has 0 amide bonds. The standard InChI is InChI=1S/C21H18FN3O/c1-20(2)15-8-7-14(22)11-16(15)25(3)21(20)12-24-19-17(26-21)9-6-13-5-4-10-23-18(13)19/h4-12H,1-3H3. The van der Waals surface area contributed by atoms with E-state index in [0.29, 0.717) is 5.75 Å². The summed E-state index contributed by atoms with van der Waals surface area (Å²) in [7, 11) is 1.92. The lowest BCUT2D eigenvalue weighted by molar-refractivity contribution is 0.0826. The number of rotatable bonds is 0. The number of anilines is 1. The fraction of sp³-hybridized carbons (Fsp3) is 0.238. The van der Waals surface area contributed by atoms with Gasteiger partial charge in [0.25, 0.3) is 0 Å². The molecule has 0 aliphatic carbocycles. The Morgan fingerprint density at radius 1 is 1.12 bits per heavy atom. The molecular weight excluding hydrogens is 329 g/mol. The zero-order valence-corrected chi connectivity index (χ0v) is 14.8. The molecule has 0 bridgehead atoms. The Bertz CT molecular complexity index is 1090. The largest absolute Gasteiger partial charge is 0.459 e. The zero-order valence-electron chi connectivity index (χ0n) is 14.8. The summed E-state index contributed by atoms with van der Waals surface area (Å²) in [6.07, 6.45) is 3.59. The molecule has 0 N–H and O–H groups in total. The molecule has 26 heavy (non-hydrogen) atoms. The Kier molecular flexibility index (Phi) is 2.84. The molecule has 5 rings (SSSR count). The minimum atomic E-state index is -0.821. The molecule has 2 aliphatic rings. The first-order chi connectivity index (χ1) is 12.4. The topological polar surface area (TPSA) is 37.7 Å². The van der Waals surface area contributed by atoms with E-state index in [0.717, 1.165) is 27.8 Å². The number of hydrogen-bond donors (Lipinski definition) is 0. The molecule has 3 heterocycles. The van der Waals surface area contributed by atoms with Crippen molar-refractivity contribution < 1.29 is 9.13 Å². The highest BCUT2D eigenvalue weighted by Gasteiger charge is 2.58. The van der Waals surface area contributed by atoms with E-state index in [9.17, 15) is 4.39 Å². The number of likely N-dealkylation sites (N-methyl/N-ethyl adjacent to an activating group) is 1. The maximum absolute atomic E-state index is 13.8. The fourth-order valence-electron chi connectivity index (χ4n) is 4.21. The molecule has 1 atom stereocenters. The number of fused-ring (bicyclic) bond motifs is 4. The van der Waals surface area contributed by atoms with Gasteiger partial charge in [-0.05, 0) is 49.7 Å². The quantitative estimate of drug-likeness (QED) is 0.597. The lowest BCUT2D eigenvalue weighted by Crippen LogP contribution is -2.61. The Morgan fingerprint density at radius 3 is 2.81 bits per heavy atom. The van der Waals surface area contributed by atoms with Gasteiger partial charge in [-0.15, -0.1) is 0 Å². The van der Waals surface area contributed by atoms with E-state index < -0.39 is 11.1 Å². The highest BCUT2D eigenvalue weighted by Crippen LogP contribution is 2.54. The molecule has 130 valence electrons. The van der Waals surface area contributed by atoms with Gasteiger partial charge >= 0.3 is 0 Å². The van der Waals surface area contributed by atoms with Gasteiger partial charge < -0.3 is 9.64 Å². The minimum absolute atomic E-state index is 0.258. The van der Waals surface area contributed by atoms with Crippen molar-refractivity contribution in [3.05, 3.63) is 60.0 Å². The highest BCUT2D eigenvalue weighted by atomic mass is 19.1. The SMILES string of the molecule is CN1c2cc(F)ccc2C(C)(C)C12C=Nc1c(ccc3cccnc13)O2. The van der Waals surface area contributed by atoms with Crippen LogP contribution in [0.3, 0.4) is 0 Å². The first-order valence-corrected chi connectivity index (χ1v) is 8.60. The van der Waals surface area contributed by atoms with Crippen LogP contribution in [0.5, 0.6) is 5.75 Å². The van der Waals surface area contributed by atoms with Crippen molar-refractivity contribution in [1.29, 1.82) is 0 Å². The lowest BCUT2D eigenvalue weighted by Gasteiger charge is -2.44. The van der Waals surface area contributed by atoms with Crippen LogP contribution in [0.15, 0.2) is 53.7 Å². The van der Waals surface area contributed by atoms with E-state index in [1.165, 1.54) is 6.07 Å². The summed E-state index contributed by atoms with van der Waals surface area (Å²) >= 11 is 0. The van der Waals surface area contributed by atoms with E-state index in [1.807, 2.05) is 48.5 Å². The van der Waals surface area contributed by atoms with Crippen LogP contribution < -0.4 is 9.64 Å². The van der Waals surface area contributed by atoms with E-state index >= 15 is 0 Å². The van der Waals surface area contributed by atoms with E-state index in [1.54, 1.807) is 12.3 Å². The molecule has 2 aromatic carbocycles. The molecule has 0 fully saturated rings. The third kappa shape index (κ3) is 1.72. The van der Waals surface area contributed by atoms with Gasteiger partial charge in [0.1, 0.15) is 11.5 Å². The molecule has 5 heteroatoms. The monoisotopic (exact) mass is 347 g/mol. The maximum Gasteiger partial charge on any atom is 0.228 e. The maximum atomic E-state index is 13.8. The number of ether oxygens (including phenoxy) is 1. The molecular formula is C21H18FN3O. The number of aromatic nitrogens is 1. The number of nitrogens with zero attached hydrogens (tertiary/aromatic N) is 3. The van der Waals surface area contributed by atoms with Crippen molar-refractivity contribution in [2.75, 3.05) is 11.9 Å². The van der Waals surface area contributed by atoms with Crippen LogP contribution in [0, 0.1) is 5.82 Å². The molecule has 1 spiro atoms. The molecule has 4 nitrogen and oxygen atoms in total. The fourth-order valence-corrected chi connectivity index (χ4v) is 4.21. The number of pyridine rings is 1. The lowest BCUT2D eigenvalue weighted by atomic mass is 9.77. The Hall–Kier alpha value is -2.95. The summed E-state index contributed by atoms with van der Waals surface area (Å²) < 4.78 is 20.4. The number of hydrogen-bond acceptors (Lipinski definition) is 4. The minimum Gasteiger partial charge on any atom is -0.459 e. The Balaban J connectivity index is 1.71. The van der Waals surface area contributed by atoms with E-state index in [-0.39, 0.29) is 5.82 Å². The van der Waals surface area contributed by atoms with Gasteiger partial charge in [0, 0.05) is 24.3 Å². The average Bonchev–Trinajstić information content (AvgIpc) is 2.80. The van der Waals surface area contributed by atoms with Gasteiger partial charge in [-0.25, -0.2) is 9.38 Å². The molecule has 1 unspecified atom stereocenters. The first-order valence-electron chi connectivity index (χ1n) is 8.60. The molecule has 0 radical (unpaired) electrons. The zero-order chi connectivity index (χ0) is 18.1. The van der Waals surface area contributed by atoms with Gasteiger partial charge in [-0.2, -0.15) is 0 Å². The summed E-state index contributed by atoms with van der Waals surface area (Å²) in [4.78, 5) is 11.2. The summed E-state index contributed by atoms with van der Waals surface area (Å²) in [5.41, 5.74) is 2.18. The van der Waals surface area contributed by atoms with Crippen molar-refractivity contribution in [3.63, 3.8) is 0 Å². The normalized spacial score (nSPS) is 22.4. The smallest absolute Gasteiger partial charge is 0.228 e. The molecule has 3 aromatic rings. The molecule has 1 aromatic heterocycles. The Labute approximate surface area is 151 Å². The van der Waals surface area contributed by atoms with Crippen LogP contribution in [-0.2, 0) is 5.41 Å². The third-order valence-corrected chi connectivity index (χ3v) is 5.73. The van der Waals surface area contributed by atoms with Crippen molar-refractivity contribution in [1.82, 2.24) is 4.98 Å². The van der Waals surface area contributed by atoms with Crippen LogP contribution >= 0.6 is 0 Å². The predicted molar refractivity (Wildman–Crippen MR) is 101 cm³/mol. The van der Waals surface area contributed by atoms with Crippen molar-refractivity contribution >= 4 is 28.5 Å². The van der Waals surface area contributed by atoms with Crippen LogP contribution in [0.4, 0.5) is 15.8 Å². The highest BCUT2D eigenvalue weighted by molar-refractivity contribution is 5.97. The van der Waals surface area contributed by atoms with Crippen LogP contribution in [0.2, 0.25) is 0 Å². The van der Waals surface area contributed by atoms with Gasteiger partial charge in [0.15, 0.2) is 5.75 Å². The van der Waals surface area contributed by atoms with Gasteiger partial charge in [0.05, 0.1) is 17.1 Å². The second-order valence-corrected chi connectivity index (χ2v) is 7.39. The average molecular weight is 347 g/mol. The van der Waals surface area contributed by atoms with Crippen LogP contribution in [0.25, 0.3) is 10.9 Å². The first kappa shape index (κ1) is 15.3. The van der Waals surface area contributed by atoms with Crippen molar-refractivity contribution in [2.45, 2.75) is 25.0 Å². The van der Waals surface area contributed by atoms with Gasteiger partial charge in [-0.1, -0.05) is 12.1 Å². The second kappa shape index (κ2) is 4.81. The van der Waals surface area contributed by atoms with Gasteiger partial charge in [0.2, 0.25) is 5.72 Å². The van der Waals surface area contributed by atoms with E-state index in [2.05, 4.69) is 18.8 Å². The number of benzene rings is 2. The molecule has 2 aliphatic heterocycles. The van der Waals surface area contributed by atoms with E-state index in [4.69, 9.17) is 9.73 Å². The molecule has 0 saturated heterocycles. The predicted octanol–water partition coefficient (Wildman–Crippen LogP) is 4.59. The van der Waals surface area contributed by atoms with Crippen LogP contribution in [0.1, 0.15) is 19.4 Å². The van der Waals surface area contributed by atoms with Crippen molar-refractivity contribution in [2.24, 2.45) is 4.99 Å². The van der Waals surface area contributed by atoms with Crippen molar-refractivity contribution in [3.8, 4) is 5.75 Å². The summed E-state index contributed by atoms with van der Waals surface area (Å²) in [6.45, 7) is 4.20. The van der Waals surface area contributed by atoms with Crippen LogP contribution in [-0.4, -0.2) is 24.0 Å². The number of aliphatic imine (C=N–C) groups is 1. The third-order valence-electron chi connectivity index (χ3n) is 5.73. The number of halogens is 1. The molecule has 0 saturated carbocycles. The Morgan fingerprint density at radius 2 is 1.96 bits per heavy atom. The second-order valence-electron chi connectivity index (χ2n) is 7.39. The van der Waals surface area contributed by atoms with Gasteiger partial charge in [-0.3, -0.25) is 4.98 Å². The summed E-state index contributed by atoms with van der Waals surface area (Å²) in [5, 5.41) is 1.02. The summed E-state index contributed by atoms with van der Waals surface area (Å²) in [6, 6.07) is 12.7.